The van der Waals surface area contributed by atoms with Crippen LogP contribution in [0.5, 0.6) is 11.5 Å². The number of methoxy groups -OCH3 is 2. The van der Waals surface area contributed by atoms with Gasteiger partial charge >= 0.3 is 0 Å². The van der Waals surface area contributed by atoms with Crippen molar-refractivity contribution in [3.05, 3.63) is 46.9 Å². The summed E-state index contributed by atoms with van der Waals surface area (Å²) in [5, 5.41) is 2.88. The van der Waals surface area contributed by atoms with E-state index in [0.29, 0.717) is 29.4 Å². The maximum atomic E-state index is 12.2. The minimum Gasteiger partial charge on any atom is -0.493 e. The zero-order valence-electron chi connectivity index (χ0n) is 12.6. The van der Waals surface area contributed by atoms with Crippen LogP contribution in [0.2, 0.25) is 0 Å². The molecule has 2 aromatic rings. The second kappa shape index (κ2) is 6.35. The Morgan fingerprint density at radius 3 is 2.48 bits per heavy atom. The second-order valence-corrected chi connectivity index (χ2v) is 4.72. The quantitative estimate of drug-likeness (QED) is 0.919. The predicted octanol–water partition coefficient (Wildman–Crippen LogP) is 2.84. The fraction of sp³-hybridized carbons (Fsp3) is 0.312. The van der Waals surface area contributed by atoms with Crippen LogP contribution in [-0.4, -0.2) is 20.1 Å². The van der Waals surface area contributed by atoms with E-state index in [1.54, 1.807) is 27.4 Å². The Labute approximate surface area is 123 Å². The minimum absolute atomic E-state index is 0.145. The summed E-state index contributed by atoms with van der Waals surface area (Å²) in [5.74, 6) is 1.78. The van der Waals surface area contributed by atoms with Crippen LogP contribution in [0.3, 0.4) is 0 Å². The number of furan rings is 1. The minimum atomic E-state index is -0.145. The normalized spacial score (nSPS) is 10.3. The van der Waals surface area contributed by atoms with Crippen molar-refractivity contribution in [3.8, 4) is 11.5 Å². The third kappa shape index (κ3) is 3.18. The van der Waals surface area contributed by atoms with Gasteiger partial charge in [0.05, 0.1) is 26.0 Å². The monoisotopic (exact) mass is 289 g/mol. The predicted molar refractivity (Wildman–Crippen MR) is 78.9 cm³/mol. The van der Waals surface area contributed by atoms with Crippen LogP contribution in [0, 0.1) is 13.8 Å². The summed E-state index contributed by atoms with van der Waals surface area (Å²) in [4.78, 5) is 12.2. The van der Waals surface area contributed by atoms with Crippen molar-refractivity contribution in [2.24, 2.45) is 0 Å². The summed E-state index contributed by atoms with van der Waals surface area (Å²) >= 11 is 0. The summed E-state index contributed by atoms with van der Waals surface area (Å²) in [6, 6.07) is 5.54. The molecule has 2 rings (SSSR count). The highest BCUT2D eigenvalue weighted by atomic mass is 16.5. The molecule has 21 heavy (non-hydrogen) atoms. The summed E-state index contributed by atoms with van der Waals surface area (Å²) in [7, 11) is 3.17. The topological polar surface area (TPSA) is 60.7 Å². The van der Waals surface area contributed by atoms with Crippen LogP contribution >= 0.6 is 0 Å². The molecule has 1 heterocycles. The maximum absolute atomic E-state index is 12.2. The van der Waals surface area contributed by atoms with Gasteiger partial charge in [0.15, 0.2) is 11.5 Å². The molecule has 1 amide bonds. The lowest BCUT2D eigenvalue weighted by Crippen LogP contribution is -2.23. The van der Waals surface area contributed by atoms with Gasteiger partial charge in [-0.25, -0.2) is 0 Å². The molecule has 0 saturated heterocycles. The van der Waals surface area contributed by atoms with E-state index in [2.05, 4.69) is 5.32 Å². The molecular formula is C16H19NO4. The first-order chi connectivity index (χ1) is 10.1. The van der Waals surface area contributed by atoms with Crippen LogP contribution in [0.15, 0.2) is 28.9 Å². The van der Waals surface area contributed by atoms with Gasteiger partial charge in [-0.3, -0.25) is 4.79 Å². The van der Waals surface area contributed by atoms with E-state index in [1.807, 2.05) is 25.1 Å². The summed E-state index contributed by atoms with van der Waals surface area (Å²) in [6.07, 6.45) is 1.58. The van der Waals surface area contributed by atoms with E-state index < -0.39 is 0 Å². The van der Waals surface area contributed by atoms with Crippen LogP contribution < -0.4 is 14.8 Å². The van der Waals surface area contributed by atoms with Gasteiger partial charge in [0, 0.05) is 12.1 Å². The number of aryl methyl sites for hydroxylation is 2. The number of nitrogens with one attached hydrogen (secondary N) is 1. The lowest BCUT2D eigenvalue weighted by molar-refractivity contribution is 0.0949. The second-order valence-electron chi connectivity index (χ2n) is 4.72. The Morgan fingerprint density at radius 2 is 1.90 bits per heavy atom. The van der Waals surface area contributed by atoms with E-state index >= 15 is 0 Å². The summed E-state index contributed by atoms with van der Waals surface area (Å²) in [5.41, 5.74) is 2.35. The van der Waals surface area contributed by atoms with E-state index in [-0.39, 0.29) is 5.91 Å². The Morgan fingerprint density at radius 1 is 1.19 bits per heavy atom. The molecule has 0 spiro atoms. The SMILES string of the molecule is COc1ccc(CNC(=O)c2c(C)coc2C)cc1OC. The third-order valence-corrected chi connectivity index (χ3v) is 3.29. The number of benzene rings is 1. The molecule has 112 valence electrons. The zero-order chi connectivity index (χ0) is 15.4. The molecule has 0 saturated carbocycles. The van der Waals surface area contributed by atoms with E-state index in [4.69, 9.17) is 13.9 Å². The van der Waals surface area contributed by atoms with E-state index in [0.717, 1.165) is 11.1 Å². The number of hydrogen-bond donors (Lipinski definition) is 1. The Hall–Kier alpha value is -2.43. The van der Waals surface area contributed by atoms with Crippen molar-refractivity contribution < 1.29 is 18.7 Å². The van der Waals surface area contributed by atoms with Crippen molar-refractivity contribution in [2.45, 2.75) is 20.4 Å². The average molecular weight is 289 g/mol. The summed E-state index contributed by atoms with van der Waals surface area (Å²) in [6.45, 7) is 4.03. The Bertz CT molecular complexity index is 626. The Balaban J connectivity index is 2.08. The van der Waals surface area contributed by atoms with Crippen LogP contribution in [0.25, 0.3) is 0 Å². The first-order valence-electron chi connectivity index (χ1n) is 6.60. The Kier molecular flexibility index (Phi) is 4.52. The van der Waals surface area contributed by atoms with Crippen molar-refractivity contribution in [3.63, 3.8) is 0 Å². The molecule has 5 nitrogen and oxygen atoms in total. The van der Waals surface area contributed by atoms with Gasteiger partial charge in [0.25, 0.3) is 5.91 Å². The third-order valence-electron chi connectivity index (χ3n) is 3.29. The summed E-state index contributed by atoms with van der Waals surface area (Å²) < 4.78 is 15.7. The molecule has 1 aromatic heterocycles. The number of rotatable bonds is 5. The van der Waals surface area contributed by atoms with Gasteiger partial charge < -0.3 is 19.2 Å². The largest absolute Gasteiger partial charge is 0.493 e. The fourth-order valence-corrected chi connectivity index (χ4v) is 2.17. The highest BCUT2D eigenvalue weighted by Gasteiger charge is 2.15. The van der Waals surface area contributed by atoms with Crippen molar-refractivity contribution in [1.29, 1.82) is 0 Å². The molecule has 0 fully saturated rings. The van der Waals surface area contributed by atoms with Crippen molar-refractivity contribution in [1.82, 2.24) is 5.32 Å². The van der Waals surface area contributed by atoms with Crippen LogP contribution in [0.4, 0.5) is 0 Å². The number of hydrogen-bond acceptors (Lipinski definition) is 4. The molecule has 1 N–H and O–H groups in total. The average Bonchev–Trinajstić information content (AvgIpc) is 2.83. The van der Waals surface area contributed by atoms with Gasteiger partial charge in [0.1, 0.15) is 5.76 Å². The molecule has 0 unspecified atom stereocenters. The molecule has 0 radical (unpaired) electrons. The first-order valence-corrected chi connectivity index (χ1v) is 6.60. The molecule has 0 bridgehead atoms. The zero-order valence-corrected chi connectivity index (χ0v) is 12.6. The lowest BCUT2D eigenvalue weighted by atomic mass is 10.1. The number of carbonyl (C=O) groups excluding carboxylic acids is 1. The van der Waals surface area contributed by atoms with Crippen LogP contribution in [0.1, 0.15) is 27.2 Å². The lowest BCUT2D eigenvalue weighted by Gasteiger charge is -2.10. The maximum Gasteiger partial charge on any atom is 0.255 e. The van der Waals surface area contributed by atoms with Gasteiger partial charge in [-0.1, -0.05) is 6.07 Å². The molecule has 1 aromatic carbocycles. The van der Waals surface area contributed by atoms with Crippen molar-refractivity contribution >= 4 is 5.91 Å². The first kappa shape index (κ1) is 15.0. The fourth-order valence-electron chi connectivity index (χ4n) is 2.17. The molecule has 0 aliphatic heterocycles. The number of amides is 1. The van der Waals surface area contributed by atoms with Crippen molar-refractivity contribution in [2.75, 3.05) is 14.2 Å². The molecule has 0 aliphatic carbocycles. The molecular weight excluding hydrogens is 270 g/mol. The van der Waals surface area contributed by atoms with Gasteiger partial charge in [0.2, 0.25) is 0 Å². The van der Waals surface area contributed by atoms with Gasteiger partial charge in [-0.2, -0.15) is 0 Å². The molecule has 5 heteroatoms. The molecule has 0 aliphatic rings. The highest BCUT2D eigenvalue weighted by molar-refractivity contribution is 5.96. The van der Waals surface area contributed by atoms with Gasteiger partial charge in [-0.15, -0.1) is 0 Å². The highest BCUT2D eigenvalue weighted by Crippen LogP contribution is 2.27. The van der Waals surface area contributed by atoms with E-state index in [1.165, 1.54) is 0 Å². The van der Waals surface area contributed by atoms with Crippen LogP contribution in [-0.2, 0) is 6.54 Å². The smallest absolute Gasteiger partial charge is 0.255 e. The number of carbonyl (C=O) groups is 1. The molecule has 0 atom stereocenters. The van der Waals surface area contributed by atoms with Gasteiger partial charge in [-0.05, 0) is 31.5 Å². The van der Waals surface area contributed by atoms with E-state index in [9.17, 15) is 4.79 Å². The number of ether oxygens (including phenoxy) is 2. The standard InChI is InChI=1S/C16H19NO4/c1-10-9-21-11(2)15(10)16(18)17-8-12-5-6-13(19-3)14(7-12)20-4/h5-7,9H,8H2,1-4H3,(H,17,18).